The molecular formula is C44H56N4O7Se. The molecule has 0 bridgehead atoms. The second-order valence-electron chi connectivity index (χ2n) is 15.8. The predicted octanol–water partition coefficient (Wildman–Crippen LogP) is 3.26. The molecule has 300 valence electrons. The molecule has 6 N–H and O–H groups in total. The standard InChI is InChI=1S/C44H56N4O7Se/c49-41(24-31-6-1-4-29(18-31)21-38(42(50)51)34-10-13-45-25-34)48(28-33-8-2-5-30(19-33)22-39(43(52)53)35-11-14-46-26-35)16-17-56-37-9-3-7-32(20-37)23-40(44(54)55)36-12-15-47-27-36/h1-9,18-20,34-36,38-40,45-47H,10-17,21-28H2,(H,50,51)(H,52,53)(H,54,55). The van der Waals surface area contributed by atoms with Gasteiger partial charge in [0.15, 0.2) is 0 Å². The number of rotatable bonds is 20. The number of hydrogen-bond donors (Lipinski definition) is 6. The van der Waals surface area contributed by atoms with Gasteiger partial charge in [-0.25, -0.2) is 0 Å². The van der Waals surface area contributed by atoms with Gasteiger partial charge in [0.25, 0.3) is 0 Å². The number of nitrogens with one attached hydrogen (secondary N) is 3. The molecule has 1 amide bonds. The van der Waals surface area contributed by atoms with Crippen LogP contribution in [0.15, 0.2) is 72.8 Å². The molecule has 3 fully saturated rings. The average Bonchev–Trinajstić information content (AvgIpc) is 4.00. The zero-order valence-corrected chi connectivity index (χ0v) is 33.7. The SMILES string of the molecule is O=C(O)C(Cc1cccc(CC(=O)N(CC[Se]c2cccc(CC(C(=O)O)C3CCNC3)c2)Cc2cccc(CC(C(=O)O)C3CCNC3)c2)c1)C1CCNC1. The van der Waals surface area contributed by atoms with E-state index in [9.17, 15) is 34.5 Å². The molecule has 6 rings (SSSR count). The quantitative estimate of drug-likeness (QED) is 0.0931. The van der Waals surface area contributed by atoms with E-state index in [0.29, 0.717) is 45.4 Å². The van der Waals surface area contributed by atoms with E-state index in [2.05, 4.69) is 28.1 Å². The van der Waals surface area contributed by atoms with Gasteiger partial charge in [-0.1, -0.05) is 0 Å². The Labute approximate surface area is 336 Å². The Morgan fingerprint density at radius 3 is 1.50 bits per heavy atom. The summed E-state index contributed by atoms with van der Waals surface area (Å²) in [5, 5.41) is 40.7. The fourth-order valence-corrected chi connectivity index (χ4v) is 10.8. The molecule has 0 radical (unpaired) electrons. The number of carbonyl (C=O) groups is 4. The van der Waals surface area contributed by atoms with Gasteiger partial charge in [0, 0.05) is 0 Å². The summed E-state index contributed by atoms with van der Waals surface area (Å²) in [6, 6.07) is 23.9. The summed E-state index contributed by atoms with van der Waals surface area (Å²) in [6.07, 6.45) is 4.09. The van der Waals surface area contributed by atoms with Crippen LogP contribution in [0.25, 0.3) is 0 Å². The molecule has 0 spiro atoms. The Morgan fingerprint density at radius 1 is 0.607 bits per heavy atom. The van der Waals surface area contributed by atoms with Crippen molar-refractivity contribution in [3.8, 4) is 0 Å². The zero-order chi connectivity index (χ0) is 39.4. The first-order valence-corrected chi connectivity index (χ1v) is 22.2. The minimum Gasteiger partial charge on any atom is -0.316 e. The number of benzene rings is 3. The summed E-state index contributed by atoms with van der Waals surface area (Å²) in [5.41, 5.74) is 4.68. The molecule has 3 aromatic carbocycles. The van der Waals surface area contributed by atoms with E-state index in [1.807, 2.05) is 65.6 Å². The van der Waals surface area contributed by atoms with Crippen molar-refractivity contribution < 1.29 is 34.5 Å². The van der Waals surface area contributed by atoms with Crippen molar-refractivity contribution in [3.63, 3.8) is 0 Å². The van der Waals surface area contributed by atoms with Crippen LogP contribution in [0.2, 0.25) is 5.32 Å². The fourth-order valence-electron chi connectivity index (χ4n) is 8.75. The van der Waals surface area contributed by atoms with Crippen LogP contribution in [-0.2, 0) is 51.4 Å². The van der Waals surface area contributed by atoms with Crippen LogP contribution in [0.3, 0.4) is 0 Å². The molecule has 6 unspecified atom stereocenters. The molecule has 3 saturated heterocycles. The van der Waals surface area contributed by atoms with Gasteiger partial charge in [0.2, 0.25) is 0 Å². The molecule has 0 saturated carbocycles. The first-order valence-electron chi connectivity index (χ1n) is 20.1. The number of carboxylic acid groups (broad SMARTS) is 3. The van der Waals surface area contributed by atoms with Crippen LogP contribution < -0.4 is 20.4 Å². The molecule has 11 nitrogen and oxygen atoms in total. The van der Waals surface area contributed by atoms with E-state index >= 15 is 0 Å². The van der Waals surface area contributed by atoms with Gasteiger partial charge in [-0.3, -0.25) is 0 Å². The molecule has 0 aromatic heterocycles. The Balaban J connectivity index is 1.15. The summed E-state index contributed by atoms with van der Waals surface area (Å²) in [5.74, 6) is -3.44. The van der Waals surface area contributed by atoms with E-state index in [4.69, 9.17) is 0 Å². The first kappa shape index (κ1) is 41.6. The van der Waals surface area contributed by atoms with Gasteiger partial charge in [-0.15, -0.1) is 0 Å². The van der Waals surface area contributed by atoms with Crippen molar-refractivity contribution in [1.29, 1.82) is 0 Å². The Hall–Kier alpha value is -4.06. The van der Waals surface area contributed by atoms with Crippen LogP contribution in [0.5, 0.6) is 0 Å². The van der Waals surface area contributed by atoms with E-state index in [1.165, 1.54) is 0 Å². The smallest absolute Gasteiger partial charge is 0.316 e. The van der Waals surface area contributed by atoms with Crippen LogP contribution in [0.4, 0.5) is 0 Å². The predicted molar refractivity (Wildman–Crippen MR) is 216 cm³/mol. The summed E-state index contributed by atoms with van der Waals surface area (Å²) in [6.45, 7) is 5.57. The summed E-state index contributed by atoms with van der Waals surface area (Å²) < 4.78 is 1.16. The number of amides is 1. The maximum absolute atomic E-state index is 14.2. The molecule has 12 heteroatoms. The van der Waals surface area contributed by atoms with Gasteiger partial charge in [-0.05, 0) is 6.54 Å². The molecule has 3 heterocycles. The van der Waals surface area contributed by atoms with Crippen molar-refractivity contribution in [2.24, 2.45) is 35.5 Å². The second-order valence-corrected chi connectivity index (χ2v) is 18.3. The van der Waals surface area contributed by atoms with E-state index in [1.54, 1.807) is 0 Å². The van der Waals surface area contributed by atoms with E-state index < -0.39 is 35.7 Å². The molecular weight excluding hydrogens is 775 g/mol. The van der Waals surface area contributed by atoms with Crippen LogP contribution in [0, 0.1) is 35.5 Å². The minimum absolute atomic E-state index is 0.0261. The molecule has 3 aliphatic heterocycles. The minimum atomic E-state index is -0.789. The van der Waals surface area contributed by atoms with Crippen molar-refractivity contribution in [1.82, 2.24) is 20.9 Å². The molecule has 3 aliphatic rings. The number of hydrogen-bond acceptors (Lipinski definition) is 7. The van der Waals surface area contributed by atoms with Crippen molar-refractivity contribution in [2.45, 2.75) is 56.8 Å². The molecule has 0 aliphatic carbocycles. The molecule has 6 atom stereocenters. The fraction of sp³-hybridized carbons (Fsp3) is 0.500. The van der Waals surface area contributed by atoms with E-state index in [0.717, 1.165) is 83.0 Å². The number of nitrogens with zero attached hydrogens (tertiary/aromatic N) is 1. The summed E-state index contributed by atoms with van der Waals surface area (Å²) >= 11 is 0.0366. The third-order valence-electron chi connectivity index (χ3n) is 11.9. The Morgan fingerprint density at radius 2 is 1.04 bits per heavy atom. The van der Waals surface area contributed by atoms with Gasteiger partial charge >= 0.3 is 325 Å². The first-order chi connectivity index (χ1) is 27.1. The topological polar surface area (TPSA) is 168 Å². The number of carbonyl (C=O) groups excluding carboxylic acids is 1. The third kappa shape index (κ3) is 11.7. The second kappa shape index (κ2) is 20.4. The van der Waals surface area contributed by atoms with Gasteiger partial charge in [0.05, 0.1) is 0 Å². The Bertz CT molecular complexity index is 1810. The third-order valence-corrected chi connectivity index (χ3v) is 14.0. The number of aliphatic carboxylic acids is 3. The van der Waals surface area contributed by atoms with Gasteiger partial charge in [-0.2, -0.15) is 0 Å². The van der Waals surface area contributed by atoms with Crippen molar-refractivity contribution >= 4 is 43.2 Å². The van der Waals surface area contributed by atoms with Crippen molar-refractivity contribution in [2.75, 3.05) is 45.8 Å². The monoisotopic (exact) mass is 832 g/mol. The molecule has 56 heavy (non-hydrogen) atoms. The van der Waals surface area contributed by atoms with Crippen molar-refractivity contribution in [3.05, 3.63) is 101 Å². The summed E-state index contributed by atoms with van der Waals surface area (Å²) in [4.78, 5) is 52.7. The van der Waals surface area contributed by atoms with Gasteiger partial charge in [0.1, 0.15) is 0 Å². The number of carboxylic acids is 3. The summed E-state index contributed by atoms with van der Waals surface area (Å²) in [7, 11) is 0. The van der Waals surface area contributed by atoms with Crippen LogP contribution in [0.1, 0.15) is 47.1 Å². The normalized spacial score (nSPS) is 21.0. The van der Waals surface area contributed by atoms with E-state index in [-0.39, 0.29) is 45.0 Å². The Kier molecular flexibility index (Phi) is 15.1. The maximum atomic E-state index is 14.2. The van der Waals surface area contributed by atoms with Crippen LogP contribution in [-0.4, -0.2) is 105 Å². The average molecular weight is 832 g/mol. The molecule has 3 aromatic rings. The van der Waals surface area contributed by atoms with Crippen LogP contribution >= 0.6 is 0 Å². The van der Waals surface area contributed by atoms with Gasteiger partial charge < -0.3 is 5.32 Å². The zero-order valence-electron chi connectivity index (χ0n) is 32.0.